The molecule has 7 heteroatoms. The number of nitrogens with one attached hydrogen (secondary N) is 1. The number of hydrogen-bond acceptors (Lipinski definition) is 5. The first-order chi connectivity index (χ1) is 13.4. The zero-order valence-electron chi connectivity index (χ0n) is 17.1. The maximum absolute atomic E-state index is 12.4. The van der Waals surface area contributed by atoms with Crippen LogP contribution in [-0.2, 0) is 24.9 Å². The predicted octanol–water partition coefficient (Wildman–Crippen LogP) is 3.00. The van der Waals surface area contributed by atoms with Crippen molar-refractivity contribution in [2.45, 2.75) is 40.8 Å². The summed E-state index contributed by atoms with van der Waals surface area (Å²) in [5.74, 6) is -0.353. The molecule has 0 aliphatic heterocycles. The van der Waals surface area contributed by atoms with Crippen LogP contribution in [0.25, 0.3) is 5.69 Å². The first-order valence-electron chi connectivity index (χ1n) is 9.42. The molecule has 2 heterocycles. The second kappa shape index (κ2) is 8.39. The van der Waals surface area contributed by atoms with Crippen molar-refractivity contribution < 1.29 is 9.53 Å². The molecule has 1 aromatic carbocycles. The highest BCUT2D eigenvalue weighted by molar-refractivity contribution is 5.90. The fourth-order valence-electron chi connectivity index (χ4n) is 3.13. The molecule has 0 amide bonds. The highest BCUT2D eigenvalue weighted by Crippen LogP contribution is 2.21. The summed E-state index contributed by atoms with van der Waals surface area (Å²) < 4.78 is 8.91. The predicted molar refractivity (Wildman–Crippen MR) is 107 cm³/mol. The van der Waals surface area contributed by atoms with Gasteiger partial charge in [0.2, 0.25) is 0 Å². The number of benzene rings is 1. The van der Waals surface area contributed by atoms with Crippen molar-refractivity contribution in [1.29, 1.82) is 0 Å². The van der Waals surface area contributed by atoms with E-state index < -0.39 is 0 Å². The van der Waals surface area contributed by atoms with Crippen molar-refractivity contribution in [3.05, 3.63) is 64.2 Å². The highest BCUT2D eigenvalue weighted by atomic mass is 16.5. The largest absolute Gasteiger partial charge is 0.462 e. The molecule has 7 nitrogen and oxygen atoms in total. The Labute approximate surface area is 165 Å². The zero-order chi connectivity index (χ0) is 20.3. The summed E-state index contributed by atoms with van der Waals surface area (Å²) in [5.41, 5.74) is 6.77. The Bertz CT molecular complexity index is 987. The minimum absolute atomic E-state index is 0.329. The van der Waals surface area contributed by atoms with Gasteiger partial charge in [0, 0.05) is 31.4 Å². The highest BCUT2D eigenvalue weighted by Gasteiger charge is 2.20. The smallest absolute Gasteiger partial charge is 0.341 e. The Morgan fingerprint density at radius 2 is 1.93 bits per heavy atom. The van der Waals surface area contributed by atoms with Crippen LogP contribution in [0.15, 0.2) is 30.6 Å². The summed E-state index contributed by atoms with van der Waals surface area (Å²) in [6, 6.07) is 6.08. The Kier molecular flexibility index (Phi) is 5.94. The van der Waals surface area contributed by atoms with Gasteiger partial charge in [-0.3, -0.25) is 4.68 Å². The van der Waals surface area contributed by atoms with Crippen molar-refractivity contribution in [2.24, 2.45) is 7.05 Å². The molecule has 0 radical (unpaired) electrons. The molecule has 0 aliphatic rings. The summed E-state index contributed by atoms with van der Waals surface area (Å²) >= 11 is 0. The SMILES string of the molecule is CCOC(=O)c1cnn(-c2cccc(C)c2C)c1CNCc1cnn(C)c1C. The van der Waals surface area contributed by atoms with E-state index in [-0.39, 0.29) is 5.97 Å². The van der Waals surface area contributed by atoms with Crippen molar-refractivity contribution in [2.75, 3.05) is 6.61 Å². The van der Waals surface area contributed by atoms with Crippen LogP contribution in [0.5, 0.6) is 0 Å². The fraction of sp³-hybridized carbons (Fsp3) is 0.381. The lowest BCUT2D eigenvalue weighted by atomic mass is 10.1. The van der Waals surface area contributed by atoms with Gasteiger partial charge in [0.05, 0.1) is 30.4 Å². The standard InChI is InChI=1S/C21H27N5O2/c1-6-28-21(27)18-12-24-26(19-9-7-8-14(2)15(19)3)20(18)13-22-10-17-11-23-25(5)16(17)4/h7-9,11-12,22H,6,10,13H2,1-5H3. The van der Waals surface area contributed by atoms with Gasteiger partial charge in [-0.15, -0.1) is 0 Å². The molecular weight excluding hydrogens is 354 g/mol. The van der Waals surface area contributed by atoms with Crippen LogP contribution in [0.3, 0.4) is 0 Å². The number of rotatable bonds is 7. The maximum Gasteiger partial charge on any atom is 0.341 e. The molecule has 3 rings (SSSR count). The van der Waals surface area contributed by atoms with Crippen LogP contribution >= 0.6 is 0 Å². The number of carbonyl (C=O) groups excluding carboxylic acids is 1. The van der Waals surface area contributed by atoms with Crippen LogP contribution in [0.2, 0.25) is 0 Å². The van der Waals surface area contributed by atoms with Crippen molar-refractivity contribution in [1.82, 2.24) is 24.9 Å². The van der Waals surface area contributed by atoms with Gasteiger partial charge in [-0.05, 0) is 44.9 Å². The van der Waals surface area contributed by atoms with Crippen LogP contribution in [0.4, 0.5) is 0 Å². The number of aryl methyl sites for hydroxylation is 2. The average molecular weight is 381 g/mol. The van der Waals surface area contributed by atoms with Gasteiger partial charge in [0.1, 0.15) is 5.56 Å². The van der Waals surface area contributed by atoms with E-state index in [1.807, 2.05) is 41.7 Å². The lowest BCUT2D eigenvalue weighted by Gasteiger charge is -2.14. The van der Waals surface area contributed by atoms with E-state index in [4.69, 9.17) is 4.74 Å². The monoisotopic (exact) mass is 381 g/mol. The van der Waals surface area contributed by atoms with Crippen LogP contribution < -0.4 is 5.32 Å². The van der Waals surface area contributed by atoms with Crippen molar-refractivity contribution in [3.63, 3.8) is 0 Å². The van der Waals surface area contributed by atoms with E-state index in [0.717, 1.165) is 28.2 Å². The molecule has 2 aromatic heterocycles. The van der Waals surface area contributed by atoms with E-state index in [9.17, 15) is 4.79 Å². The van der Waals surface area contributed by atoms with Gasteiger partial charge >= 0.3 is 5.97 Å². The Morgan fingerprint density at radius 1 is 1.14 bits per heavy atom. The third-order valence-corrected chi connectivity index (χ3v) is 5.11. The van der Waals surface area contributed by atoms with Gasteiger partial charge in [0.15, 0.2) is 0 Å². The summed E-state index contributed by atoms with van der Waals surface area (Å²) in [7, 11) is 1.92. The van der Waals surface area contributed by atoms with Gasteiger partial charge in [0.25, 0.3) is 0 Å². The molecule has 148 valence electrons. The van der Waals surface area contributed by atoms with Crippen LogP contribution in [0, 0.1) is 20.8 Å². The first kappa shape index (κ1) is 19.8. The Balaban J connectivity index is 1.91. The van der Waals surface area contributed by atoms with E-state index in [0.29, 0.717) is 25.3 Å². The summed E-state index contributed by atoms with van der Waals surface area (Å²) in [5, 5.41) is 12.2. The summed E-state index contributed by atoms with van der Waals surface area (Å²) in [4.78, 5) is 12.4. The van der Waals surface area contributed by atoms with E-state index in [2.05, 4.69) is 35.4 Å². The second-order valence-electron chi connectivity index (χ2n) is 6.84. The minimum Gasteiger partial charge on any atom is -0.462 e. The first-order valence-corrected chi connectivity index (χ1v) is 9.42. The molecule has 28 heavy (non-hydrogen) atoms. The lowest BCUT2D eigenvalue weighted by Crippen LogP contribution is -2.19. The molecular formula is C21H27N5O2. The molecule has 0 bridgehead atoms. The molecule has 0 saturated heterocycles. The zero-order valence-corrected chi connectivity index (χ0v) is 17.1. The number of nitrogens with zero attached hydrogens (tertiary/aromatic N) is 4. The third-order valence-electron chi connectivity index (χ3n) is 5.11. The third kappa shape index (κ3) is 3.84. The van der Waals surface area contributed by atoms with Gasteiger partial charge in [-0.1, -0.05) is 12.1 Å². The molecule has 1 N–H and O–H groups in total. The second-order valence-corrected chi connectivity index (χ2v) is 6.84. The van der Waals surface area contributed by atoms with Crippen LogP contribution in [-0.4, -0.2) is 32.1 Å². The molecule has 3 aromatic rings. The molecule has 0 spiro atoms. The molecule has 0 fully saturated rings. The Hall–Kier alpha value is -2.93. The number of carbonyl (C=O) groups is 1. The topological polar surface area (TPSA) is 74.0 Å². The van der Waals surface area contributed by atoms with Gasteiger partial charge in [-0.25, -0.2) is 9.48 Å². The van der Waals surface area contributed by atoms with E-state index >= 15 is 0 Å². The molecule has 0 aliphatic carbocycles. The minimum atomic E-state index is -0.353. The number of hydrogen-bond donors (Lipinski definition) is 1. The van der Waals surface area contributed by atoms with E-state index in [1.165, 1.54) is 5.56 Å². The number of esters is 1. The molecule has 0 atom stereocenters. The summed E-state index contributed by atoms with van der Waals surface area (Å²) in [6.07, 6.45) is 3.45. The van der Waals surface area contributed by atoms with Crippen molar-refractivity contribution >= 4 is 5.97 Å². The van der Waals surface area contributed by atoms with Crippen molar-refractivity contribution in [3.8, 4) is 5.69 Å². The lowest BCUT2D eigenvalue weighted by molar-refractivity contribution is 0.0525. The summed E-state index contributed by atoms with van der Waals surface area (Å²) in [6.45, 7) is 9.43. The molecule has 0 unspecified atom stereocenters. The van der Waals surface area contributed by atoms with Crippen LogP contribution in [0.1, 0.15) is 45.4 Å². The fourth-order valence-corrected chi connectivity index (χ4v) is 3.13. The Morgan fingerprint density at radius 3 is 2.61 bits per heavy atom. The normalized spacial score (nSPS) is 11.0. The molecule has 0 saturated carbocycles. The number of ether oxygens (including phenoxy) is 1. The number of aromatic nitrogens is 4. The van der Waals surface area contributed by atoms with E-state index in [1.54, 1.807) is 13.1 Å². The average Bonchev–Trinajstić information content (AvgIpc) is 3.23. The quantitative estimate of drug-likeness (QED) is 0.637. The maximum atomic E-state index is 12.4. The van der Waals surface area contributed by atoms with Gasteiger partial charge < -0.3 is 10.1 Å². The van der Waals surface area contributed by atoms with Gasteiger partial charge in [-0.2, -0.15) is 10.2 Å².